The van der Waals surface area contributed by atoms with Crippen LogP contribution in [-0.2, 0) is 10.0 Å². The van der Waals surface area contributed by atoms with Crippen LogP contribution in [0.15, 0.2) is 58.8 Å². The summed E-state index contributed by atoms with van der Waals surface area (Å²) >= 11 is 1.32. The van der Waals surface area contributed by atoms with Gasteiger partial charge in [-0.1, -0.05) is 0 Å². The molecule has 2 aromatic carbocycles. The predicted octanol–water partition coefficient (Wildman–Crippen LogP) is 4.13. The number of rotatable bonds is 7. The van der Waals surface area contributed by atoms with Crippen molar-refractivity contribution in [2.45, 2.75) is 11.8 Å². The quantitative estimate of drug-likeness (QED) is 0.586. The van der Waals surface area contributed by atoms with Crippen molar-refractivity contribution in [3.63, 3.8) is 0 Å². The van der Waals surface area contributed by atoms with E-state index in [-0.39, 0.29) is 16.6 Å². The van der Waals surface area contributed by atoms with Gasteiger partial charge in [-0.05, 0) is 66.4 Å². The van der Waals surface area contributed by atoms with E-state index < -0.39 is 10.0 Å². The Morgan fingerprint density at radius 2 is 1.66 bits per heavy atom. The number of hydrogen-bond donors (Lipinski definition) is 2. The minimum Gasteiger partial charge on any atom is -0.497 e. The van der Waals surface area contributed by atoms with Crippen LogP contribution in [0.2, 0.25) is 0 Å². The maximum Gasteiger partial charge on any atom is 0.265 e. The molecule has 2 N–H and O–H groups in total. The molecule has 3 aromatic rings. The van der Waals surface area contributed by atoms with Crippen molar-refractivity contribution < 1.29 is 22.7 Å². The maximum absolute atomic E-state index is 12.9. The molecule has 0 saturated carbocycles. The zero-order chi connectivity index (χ0) is 21.0. The summed E-state index contributed by atoms with van der Waals surface area (Å²) in [6.45, 7) is 1.84. The van der Waals surface area contributed by atoms with Crippen molar-refractivity contribution in [1.82, 2.24) is 0 Å². The molecule has 0 aliphatic rings. The first kappa shape index (κ1) is 20.7. The van der Waals surface area contributed by atoms with Crippen LogP contribution in [-0.4, -0.2) is 28.5 Å². The fourth-order valence-electron chi connectivity index (χ4n) is 2.63. The van der Waals surface area contributed by atoms with E-state index in [4.69, 9.17) is 9.47 Å². The van der Waals surface area contributed by atoms with Crippen molar-refractivity contribution in [1.29, 1.82) is 0 Å². The second-order valence-electron chi connectivity index (χ2n) is 6.09. The number of anilines is 2. The zero-order valence-corrected chi connectivity index (χ0v) is 17.7. The predicted molar refractivity (Wildman–Crippen MR) is 114 cm³/mol. The SMILES string of the molecule is COc1ccc(NS(=O)(=O)c2cc(NC(=O)c3sccc3C)ccc2OC)cc1. The monoisotopic (exact) mass is 432 g/mol. The number of carbonyl (C=O) groups excluding carboxylic acids is 1. The highest BCUT2D eigenvalue weighted by Crippen LogP contribution is 2.30. The Hall–Kier alpha value is -3.04. The van der Waals surface area contributed by atoms with Crippen LogP contribution in [0.1, 0.15) is 15.2 Å². The lowest BCUT2D eigenvalue weighted by Crippen LogP contribution is -2.16. The molecule has 29 heavy (non-hydrogen) atoms. The van der Waals surface area contributed by atoms with Crippen LogP contribution in [0.3, 0.4) is 0 Å². The van der Waals surface area contributed by atoms with E-state index in [0.29, 0.717) is 22.0 Å². The van der Waals surface area contributed by atoms with E-state index in [1.165, 1.54) is 37.7 Å². The number of sulfonamides is 1. The molecule has 1 amide bonds. The van der Waals surface area contributed by atoms with E-state index in [1.54, 1.807) is 30.3 Å². The normalized spacial score (nSPS) is 11.0. The van der Waals surface area contributed by atoms with Crippen molar-refractivity contribution in [3.05, 3.63) is 64.4 Å². The Balaban J connectivity index is 1.89. The molecule has 0 bridgehead atoms. The number of hydrogen-bond acceptors (Lipinski definition) is 6. The van der Waals surface area contributed by atoms with Gasteiger partial charge in [-0.2, -0.15) is 0 Å². The summed E-state index contributed by atoms with van der Waals surface area (Å²) in [6, 6.07) is 12.8. The molecule has 152 valence electrons. The second kappa shape index (κ2) is 8.54. The van der Waals surface area contributed by atoms with Gasteiger partial charge in [0.1, 0.15) is 16.4 Å². The van der Waals surface area contributed by atoms with Crippen molar-refractivity contribution >= 4 is 38.6 Å². The fraction of sp³-hybridized carbons (Fsp3) is 0.150. The van der Waals surface area contributed by atoms with Gasteiger partial charge in [0.15, 0.2) is 0 Å². The van der Waals surface area contributed by atoms with Crippen LogP contribution in [0.5, 0.6) is 11.5 Å². The molecule has 0 radical (unpaired) electrons. The summed E-state index contributed by atoms with van der Waals surface area (Å²) in [7, 11) is -1.05. The molecule has 0 aliphatic carbocycles. The van der Waals surface area contributed by atoms with Crippen LogP contribution in [0.25, 0.3) is 0 Å². The van der Waals surface area contributed by atoms with Gasteiger partial charge in [0.2, 0.25) is 0 Å². The molecule has 0 fully saturated rings. The molecule has 0 unspecified atom stereocenters. The average Bonchev–Trinajstić information content (AvgIpc) is 3.14. The number of nitrogens with one attached hydrogen (secondary N) is 2. The molecule has 1 heterocycles. The Labute approximate surface area is 173 Å². The lowest BCUT2D eigenvalue weighted by atomic mass is 10.2. The van der Waals surface area contributed by atoms with Crippen LogP contribution in [0, 0.1) is 6.92 Å². The average molecular weight is 433 g/mol. The molecule has 0 atom stereocenters. The fourth-order valence-corrected chi connectivity index (χ4v) is 4.70. The second-order valence-corrected chi connectivity index (χ2v) is 8.65. The molecule has 7 nitrogen and oxygen atoms in total. The van der Waals surface area contributed by atoms with Crippen LogP contribution in [0.4, 0.5) is 11.4 Å². The smallest absolute Gasteiger partial charge is 0.265 e. The zero-order valence-electron chi connectivity index (χ0n) is 16.1. The van der Waals surface area contributed by atoms with E-state index in [2.05, 4.69) is 10.0 Å². The number of carbonyl (C=O) groups is 1. The van der Waals surface area contributed by atoms with Crippen LogP contribution >= 0.6 is 11.3 Å². The largest absolute Gasteiger partial charge is 0.497 e. The molecular formula is C20H20N2O5S2. The maximum atomic E-state index is 12.9. The Morgan fingerprint density at radius 3 is 2.24 bits per heavy atom. The Kier molecular flexibility index (Phi) is 6.09. The summed E-state index contributed by atoms with van der Waals surface area (Å²) in [5.41, 5.74) is 1.57. The summed E-state index contributed by atoms with van der Waals surface area (Å²) < 4.78 is 38.6. The standard InChI is InChI=1S/C20H20N2O5S2/c1-13-10-11-28-19(13)20(23)21-15-6-9-17(27-3)18(12-15)29(24,25)22-14-4-7-16(26-2)8-5-14/h4-12,22H,1-3H3,(H,21,23). The van der Waals surface area contributed by atoms with Crippen molar-refractivity contribution in [3.8, 4) is 11.5 Å². The number of methoxy groups -OCH3 is 2. The third kappa shape index (κ3) is 4.69. The van der Waals surface area contributed by atoms with E-state index in [0.717, 1.165) is 5.56 Å². The first-order valence-electron chi connectivity index (χ1n) is 8.54. The molecule has 1 aromatic heterocycles. The number of ether oxygens (including phenoxy) is 2. The third-order valence-electron chi connectivity index (χ3n) is 4.12. The van der Waals surface area contributed by atoms with Gasteiger partial charge in [-0.25, -0.2) is 8.42 Å². The van der Waals surface area contributed by atoms with Gasteiger partial charge in [0, 0.05) is 11.4 Å². The van der Waals surface area contributed by atoms with Gasteiger partial charge in [0.05, 0.1) is 19.1 Å². The van der Waals surface area contributed by atoms with Crippen molar-refractivity contribution in [2.75, 3.05) is 24.3 Å². The molecule has 0 saturated heterocycles. The minimum absolute atomic E-state index is 0.0866. The topological polar surface area (TPSA) is 93.7 Å². The highest BCUT2D eigenvalue weighted by Gasteiger charge is 2.21. The molecule has 0 aliphatic heterocycles. The number of aryl methyl sites for hydroxylation is 1. The number of thiophene rings is 1. The van der Waals surface area contributed by atoms with Gasteiger partial charge < -0.3 is 14.8 Å². The summed E-state index contributed by atoms with van der Waals surface area (Å²) in [6.07, 6.45) is 0. The number of benzene rings is 2. The summed E-state index contributed by atoms with van der Waals surface area (Å²) in [4.78, 5) is 12.9. The van der Waals surface area contributed by atoms with Gasteiger partial charge >= 0.3 is 0 Å². The Morgan fingerprint density at radius 1 is 0.966 bits per heavy atom. The lowest BCUT2D eigenvalue weighted by molar-refractivity contribution is 0.103. The van der Waals surface area contributed by atoms with E-state index in [9.17, 15) is 13.2 Å². The lowest BCUT2D eigenvalue weighted by Gasteiger charge is -2.14. The molecule has 0 spiro atoms. The first-order valence-corrected chi connectivity index (χ1v) is 10.9. The summed E-state index contributed by atoms with van der Waals surface area (Å²) in [5.74, 6) is 0.476. The molecular weight excluding hydrogens is 412 g/mol. The highest BCUT2D eigenvalue weighted by molar-refractivity contribution is 7.92. The first-order chi connectivity index (χ1) is 13.8. The van der Waals surface area contributed by atoms with Gasteiger partial charge in [-0.3, -0.25) is 9.52 Å². The van der Waals surface area contributed by atoms with E-state index >= 15 is 0 Å². The van der Waals surface area contributed by atoms with Gasteiger partial charge in [-0.15, -0.1) is 11.3 Å². The molecule has 9 heteroatoms. The molecule has 3 rings (SSSR count). The number of amides is 1. The van der Waals surface area contributed by atoms with Crippen molar-refractivity contribution in [2.24, 2.45) is 0 Å². The van der Waals surface area contributed by atoms with Gasteiger partial charge in [0.25, 0.3) is 15.9 Å². The third-order valence-corrected chi connectivity index (χ3v) is 6.54. The Bertz CT molecular complexity index is 1120. The highest BCUT2D eigenvalue weighted by atomic mass is 32.2. The minimum atomic E-state index is -3.96. The summed E-state index contributed by atoms with van der Waals surface area (Å²) in [5, 5.41) is 4.56. The van der Waals surface area contributed by atoms with E-state index in [1.807, 2.05) is 18.4 Å². The van der Waals surface area contributed by atoms with Crippen LogP contribution < -0.4 is 19.5 Å².